The summed E-state index contributed by atoms with van der Waals surface area (Å²) in [6.07, 6.45) is 0. The predicted molar refractivity (Wildman–Crippen MR) is 64.5 cm³/mol. The average Bonchev–Trinajstić information content (AvgIpc) is 2.28. The maximum absolute atomic E-state index is 5.49. The molecule has 0 saturated heterocycles. The van der Waals surface area contributed by atoms with Crippen molar-refractivity contribution in [1.82, 2.24) is 0 Å². The number of hydrogen-bond donors (Lipinski definition) is 1. The van der Waals surface area contributed by atoms with E-state index in [1.165, 1.54) is 0 Å². The van der Waals surface area contributed by atoms with Crippen LogP contribution in [0.4, 0.5) is 0 Å². The Morgan fingerprint density at radius 1 is 1.31 bits per heavy atom. The third-order valence-electron chi connectivity index (χ3n) is 2.08. The Labute approximate surface area is 96.6 Å². The predicted octanol–water partition coefficient (Wildman–Crippen LogP) is 1.33. The van der Waals surface area contributed by atoms with Gasteiger partial charge in [0, 0.05) is 12.7 Å². The lowest BCUT2D eigenvalue weighted by Crippen LogP contribution is -2.04. The highest BCUT2D eigenvalue weighted by Crippen LogP contribution is 2.16. The molecule has 0 aliphatic rings. The minimum atomic E-state index is 0.380. The van der Waals surface area contributed by atoms with Crippen molar-refractivity contribution in [3.63, 3.8) is 0 Å². The first-order valence-electron chi connectivity index (χ1n) is 5.19. The van der Waals surface area contributed by atoms with Crippen molar-refractivity contribution in [2.45, 2.75) is 6.92 Å². The molecule has 0 fully saturated rings. The van der Waals surface area contributed by atoms with Gasteiger partial charge in [0.1, 0.15) is 12.4 Å². The van der Waals surface area contributed by atoms with Gasteiger partial charge in [-0.15, -0.1) is 0 Å². The second-order valence-electron chi connectivity index (χ2n) is 3.32. The van der Waals surface area contributed by atoms with Crippen LogP contribution in [0.2, 0.25) is 0 Å². The Hall–Kier alpha value is -1.50. The molecule has 0 aliphatic carbocycles. The Morgan fingerprint density at radius 2 is 2.12 bits per heavy atom. The molecule has 0 radical (unpaired) electrons. The molecule has 1 rings (SSSR count). The molecule has 2 N–H and O–H groups in total. The highest BCUT2D eigenvalue weighted by molar-refractivity contribution is 5.44. The molecular weight excluding hydrogens is 202 g/mol. The van der Waals surface area contributed by atoms with Gasteiger partial charge in [0.25, 0.3) is 0 Å². The lowest BCUT2D eigenvalue weighted by Gasteiger charge is -2.07. The summed E-state index contributed by atoms with van der Waals surface area (Å²) >= 11 is 0. The van der Waals surface area contributed by atoms with Crippen LogP contribution in [-0.4, -0.2) is 26.9 Å². The van der Waals surface area contributed by atoms with Gasteiger partial charge in [-0.1, -0.05) is 11.8 Å². The maximum Gasteiger partial charge on any atom is 0.119 e. The Bertz CT molecular complexity index is 391. The second kappa shape index (κ2) is 6.89. The van der Waals surface area contributed by atoms with Gasteiger partial charge in [-0.3, -0.25) is 0 Å². The lowest BCUT2D eigenvalue weighted by atomic mass is 10.1. The first-order chi connectivity index (χ1) is 7.77. The summed E-state index contributed by atoms with van der Waals surface area (Å²) in [7, 11) is 1.65. The van der Waals surface area contributed by atoms with Crippen LogP contribution in [0.3, 0.4) is 0 Å². The molecule has 1 aromatic carbocycles. The van der Waals surface area contributed by atoms with E-state index in [-0.39, 0.29) is 0 Å². The smallest absolute Gasteiger partial charge is 0.119 e. The fourth-order valence-corrected chi connectivity index (χ4v) is 1.26. The molecular formula is C13H17NO2. The molecule has 0 heterocycles. The molecule has 0 bridgehead atoms. The van der Waals surface area contributed by atoms with E-state index in [1.807, 2.05) is 25.1 Å². The number of rotatable bonds is 4. The Morgan fingerprint density at radius 3 is 2.75 bits per heavy atom. The molecule has 3 nitrogen and oxygen atoms in total. The fraction of sp³-hybridized carbons (Fsp3) is 0.385. The molecule has 0 saturated carbocycles. The number of benzene rings is 1. The van der Waals surface area contributed by atoms with E-state index in [2.05, 4.69) is 11.8 Å². The number of aryl methyl sites for hydroxylation is 1. The average molecular weight is 219 g/mol. The Kier molecular flexibility index (Phi) is 5.41. The van der Waals surface area contributed by atoms with Gasteiger partial charge >= 0.3 is 0 Å². The summed E-state index contributed by atoms with van der Waals surface area (Å²) in [5, 5.41) is 0. The number of methoxy groups -OCH3 is 1. The zero-order chi connectivity index (χ0) is 11.8. The largest absolute Gasteiger partial charge is 0.491 e. The molecule has 3 heteroatoms. The molecule has 16 heavy (non-hydrogen) atoms. The van der Waals surface area contributed by atoms with E-state index in [9.17, 15) is 0 Å². The van der Waals surface area contributed by atoms with Crippen molar-refractivity contribution >= 4 is 0 Å². The quantitative estimate of drug-likeness (QED) is 0.613. The normalized spacial score (nSPS) is 9.44. The van der Waals surface area contributed by atoms with Crippen LogP contribution in [0.5, 0.6) is 5.75 Å². The number of ether oxygens (including phenoxy) is 2. The third-order valence-corrected chi connectivity index (χ3v) is 2.08. The summed E-state index contributed by atoms with van der Waals surface area (Å²) in [5.74, 6) is 6.69. The van der Waals surface area contributed by atoms with E-state index in [4.69, 9.17) is 15.2 Å². The second-order valence-corrected chi connectivity index (χ2v) is 3.32. The first kappa shape index (κ1) is 12.6. The SMILES string of the molecule is COCCOc1ccc(C#CCN)c(C)c1. The van der Waals surface area contributed by atoms with Crippen LogP contribution in [0.25, 0.3) is 0 Å². The molecule has 1 aromatic rings. The van der Waals surface area contributed by atoms with E-state index in [0.717, 1.165) is 16.9 Å². The summed E-state index contributed by atoms with van der Waals surface area (Å²) in [5.41, 5.74) is 7.41. The molecule has 0 amide bonds. The standard InChI is InChI=1S/C13H17NO2/c1-11-10-13(16-9-8-15-2)6-5-12(11)4-3-7-14/h5-6,10H,7-9,14H2,1-2H3. The number of nitrogens with two attached hydrogens (primary N) is 1. The van der Waals surface area contributed by atoms with Crippen LogP contribution in [0.15, 0.2) is 18.2 Å². The Balaban J connectivity index is 2.67. The van der Waals surface area contributed by atoms with Crippen molar-refractivity contribution in [3.8, 4) is 17.6 Å². The zero-order valence-electron chi connectivity index (χ0n) is 9.75. The van der Waals surface area contributed by atoms with Crippen molar-refractivity contribution < 1.29 is 9.47 Å². The summed E-state index contributed by atoms with van der Waals surface area (Å²) in [6, 6.07) is 5.82. The number of hydrogen-bond acceptors (Lipinski definition) is 3. The third kappa shape index (κ3) is 3.93. The van der Waals surface area contributed by atoms with Gasteiger partial charge in [-0.05, 0) is 30.7 Å². The first-order valence-corrected chi connectivity index (χ1v) is 5.19. The summed E-state index contributed by atoms with van der Waals surface area (Å²) in [4.78, 5) is 0. The topological polar surface area (TPSA) is 44.5 Å². The monoisotopic (exact) mass is 219 g/mol. The fourth-order valence-electron chi connectivity index (χ4n) is 1.26. The summed E-state index contributed by atoms with van der Waals surface area (Å²) in [6.45, 7) is 3.53. The van der Waals surface area contributed by atoms with Gasteiger partial charge in [0.15, 0.2) is 0 Å². The van der Waals surface area contributed by atoms with Gasteiger partial charge in [-0.25, -0.2) is 0 Å². The van der Waals surface area contributed by atoms with E-state index < -0.39 is 0 Å². The highest BCUT2D eigenvalue weighted by Gasteiger charge is 1.98. The minimum Gasteiger partial charge on any atom is -0.491 e. The van der Waals surface area contributed by atoms with Gasteiger partial charge in [0.05, 0.1) is 13.2 Å². The minimum absolute atomic E-state index is 0.380. The van der Waals surface area contributed by atoms with E-state index >= 15 is 0 Å². The van der Waals surface area contributed by atoms with Crippen molar-refractivity contribution in [2.75, 3.05) is 26.9 Å². The molecule has 0 spiro atoms. The molecule has 86 valence electrons. The van der Waals surface area contributed by atoms with Crippen molar-refractivity contribution in [2.24, 2.45) is 5.73 Å². The van der Waals surface area contributed by atoms with Crippen LogP contribution in [0, 0.1) is 18.8 Å². The van der Waals surface area contributed by atoms with Gasteiger partial charge in [0.2, 0.25) is 0 Å². The molecule has 0 unspecified atom stereocenters. The summed E-state index contributed by atoms with van der Waals surface area (Å²) < 4.78 is 10.4. The lowest BCUT2D eigenvalue weighted by molar-refractivity contribution is 0.146. The molecule has 0 aliphatic heterocycles. The zero-order valence-corrected chi connectivity index (χ0v) is 9.75. The van der Waals surface area contributed by atoms with Crippen LogP contribution < -0.4 is 10.5 Å². The highest BCUT2D eigenvalue weighted by atomic mass is 16.5. The van der Waals surface area contributed by atoms with Crippen LogP contribution in [0.1, 0.15) is 11.1 Å². The van der Waals surface area contributed by atoms with Crippen molar-refractivity contribution in [3.05, 3.63) is 29.3 Å². The molecule has 0 aromatic heterocycles. The van der Waals surface area contributed by atoms with Crippen LogP contribution in [-0.2, 0) is 4.74 Å². The molecule has 0 atom stereocenters. The van der Waals surface area contributed by atoms with Crippen LogP contribution >= 0.6 is 0 Å². The van der Waals surface area contributed by atoms with Gasteiger partial charge in [-0.2, -0.15) is 0 Å². The van der Waals surface area contributed by atoms with Gasteiger partial charge < -0.3 is 15.2 Å². The van der Waals surface area contributed by atoms with Crippen molar-refractivity contribution in [1.29, 1.82) is 0 Å². The maximum atomic E-state index is 5.49. The van der Waals surface area contributed by atoms with E-state index in [0.29, 0.717) is 19.8 Å². The van der Waals surface area contributed by atoms with E-state index in [1.54, 1.807) is 7.11 Å².